The highest BCUT2D eigenvalue weighted by molar-refractivity contribution is 7.59. The predicted octanol–water partition coefficient (Wildman–Crippen LogP) is 5.33. The van der Waals surface area contributed by atoms with Crippen LogP contribution in [-0.4, -0.2) is 37.4 Å². The van der Waals surface area contributed by atoms with Crippen molar-refractivity contribution < 1.29 is 13.6 Å². The Morgan fingerprint density at radius 2 is 1.45 bits per heavy atom. The number of hydrogen-bond donors (Lipinski definition) is 0. The maximum absolute atomic E-state index is 12.2. The molecule has 0 bridgehead atoms. The number of rotatable bonds is 7. The molecule has 1 fully saturated rings. The van der Waals surface area contributed by atoms with E-state index in [1.807, 2.05) is 0 Å². The minimum Gasteiger partial charge on any atom is -0.312 e. The van der Waals surface area contributed by atoms with Crippen LogP contribution in [0.2, 0.25) is 0 Å². The van der Waals surface area contributed by atoms with Gasteiger partial charge in [-0.3, -0.25) is 4.57 Å². The summed E-state index contributed by atoms with van der Waals surface area (Å²) in [6, 6.07) is 0. The summed E-state index contributed by atoms with van der Waals surface area (Å²) >= 11 is 0. The molecule has 0 N–H and O–H groups in total. The standard InChI is InChI=1S/C15H32O3P2/c1-12(2)19(13(3)4)15-9-7-14(8-10-15)11-20(16,17-5)18-6/h12-15H,7-11H2,1-6H3/t14-,15+. The van der Waals surface area contributed by atoms with Crippen LogP contribution in [0.4, 0.5) is 0 Å². The third-order valence-electron chi connectivity index (χ3n) is 4.47. The van der Waals surface area contributed by atoms with E-state index in [0.29, 0.717) is 12.1 Å². The maximum Gasteiger partial charge on any atom is 0.330 e. The monoisotopic (exact) mass is 322 g/mol. The molecule has 0 radical (unpaired) electrons. The summed E-state index contributed by atoms with van der Waals surface area (Å²) in [6.45, 7) is 9.51. The summed E-state index contributed by atoms with van der Waals surface area (Å²) in [5.74, 6) is 0.508. The highest BCUT2D eigenvalue weighted by Crippen LogP contribution is 2.57. The Bertz CT molecular complexity index is 307. The summed E-state index contributed by atoms with van der Waals surface area (Å²) in [4.78, 5) is 0. The zero-order valence-electron chi connectivity index (χ0n) is 14.0. The van der Waals surface area contributed by atoms with Crippen molar-refractivity contribution in [2.45, 2.75) is 70.4 Å². The zero-order valence-corrected chi connectivity index (χ0v) is 15.8. The Balaban J connectivity index is 2.53. The van der Waals surface area contributed by atoms with Crippen LogP contribution >= 0.6 is 15.5 Å². The van der Waals surface area contributed by atoms with E-state index in [-0.39, 0.29) is 7.92 Å². The summed E-state index contributed by atoms with van der Waals surface area (Å²) in [5, 5.41) is 0. The molecule has 120 valence electrons. The van der Waals surface area contributed by atoms with Gasteiger partial charge in [-0.25, -0.2) is 0 Å². The van der Waals surface area contributed by atoms with Crippen molar-refractivity contribution in [3.63, 3.8) is 0 Å². The molecule has 0 atom stereocenters. The fourth-order valence-electron chi connectivity index (χ4n) is 3.60. The number of hydrogen-bond acceptors (Lipinski definition) is 3. The van der Waals surface area contributed by atoms with Gasteiger partial charge in [0.15, 0.2) is 0 Å². The Hall–Kier alpha value is 0.580. The lowest BCUT2D eigenvalue weighted by atomic mass is 9.90. The third-order valence-corrected chi connectivity index (χ3v) is 10.3. The molecule has 0 aromatic rings. The van der Waals surface area contributed by atoms with Crippen LogP contribution < -0.4 is 0 Å². The highest BCUT2D eigenvalue weighted by atomic mass is 31.2. The summed E-state index contributed by atoms with van der Waals surface area (Å²) in [5.41, 5.74) is 2.52. The first kappa shape index (κ1) is 18.6. The van der Waals surface area contributed by atoms with Crippen LogP contribution in [0.1, 0.15) is 53.4 Å². The molecule has 1 rings (SSSR count). The van der Waals surface area contributed by atoms with Gasteiger partial charge in [0.05, 0.1) is 6.16 Å². The van der Waals surface area contributed by atoms with Gasteiger partial charge in [0.1, 0.15) is 0 Å². The van der Waals surface area contributed by atoms with Crippen LogP contribution in [0, 0.1) is 5.92 Å². The molecule has 0 amide bonds. The van der Waals surface area contributed by atoms with Gasteiger partial charge in [-0.1, -0.05) is 35.6 Å². The predicted molar refractivity (Wildman–Crippen MR) is 89.4 cm³/mol. The second kappa shape index (κ2) is 8.28. The van der Waals surface area contributed by atoms with Crippen molar-refractivity contribution in [3.05, 3.63) is 0 Å². The molecule has 1 saturated carbocycles. The van der Waals surface area contributed by atoms with E-state index < -0.39 is 7.60 Å². The van der Waals surface area contributed by atoms with E-state index >= 15 is 0 Å². The maximum atomic E-state index is 12.2. The average molecular weight is 322 g/mol. The lowest BCUT2D eigenvalue weighted by molar-refractivity contribution is 0.262. The minimum absolute atomic E-state index is 0.112. The van der Waals surface area contributed by atoms with Crippen molar-refractivity contribution in [2.24, 2.45) is 5.92 Å². The van der Waals surface area contributed by atoms with Crippen molar-refractivity contribution >= 4 is 15.5 Å². The lowest BCUT2D eigenvalue weighted by Crippen LogP contribution is -2.24. The largest absolute Gasteiger partial charge is 0.330 e. The molecular weight excluding hydrogens is 290 g/mol. The van der Waals surface area contributed by atoms with Gasteiger partial charge in [-0.05, 0) is 48.6 Å². The van der Waals surface area contributed by atoms with Gasteiger partial charge >= 0.3 is 7.60 Å². The van der Waals surface area contributed by atoms with E-state index in [2.05, 4.69) is 27.7 Å². The van der Waals surface area contributed by atoms with Gasteiger partial charge in [-0.15, -0.1) is 0 Å². The van der Waals surface area contributed by atoms with Crippen LogP contribution in [0.3, 0.4) is 0 Å². The smallest absolute Gasteiger partial charge is 0.312 e. The minimum atomic E-state index is -2.83. The van der Waals surface area contributed by atoms with Crippen LogP contribution in [0.5, 0.6) is 0 Å². The Morgan fingerprint density at radius 1 is 1.00 bits per heavy atom. The van der Waals surface area contributed by atoms with Gasteiger partial charge in [0.2, 0.25) is 0 Å². The van der Waals surface area contributed by atoms with E-state index in [0.717, 1.165) is 17.0 Å². The summed E-state index contributed by atoms with van der Waals surface area (Å²) in [7, 11) is 0.272. The van der Waals surface area contributed by atoms with Crippen molar-refractivity contribution in [3.8, 4) is 0 Å². The van der Waals surface area contributed by atoms with E-state index in [1.165, 1.54) is 39.9 Å². The Kier molecular flexibility index (Phi) is 7.71. The molecule has 0 aromatic heterocycles. The van der Waals surface area contributed by atoms with Gasteiger partial charge in [-0.2, -0.15) is 0 Å². The molecule has 1 aliphatic rings. The SMILES string of the molecule is COP(=O)(C[C@H]1CC[C@@H](P(C(C)C)C(C)C)CC1)OC. The Labute approximate surface area is 126 Å². The van der Waals surface area contributed by atoms with E-state index in [9.17, 15) is 4.57 Å². The van der Waals surface area contributed by atoms with Crippen LogP contribution in [0.15, 0.2) is 0 Å². The fraction of sp³-hybridized carbons (Fsp3) is 1.00. The van der Waals surface area contributed by atoms with Crippen molar-refractivity contribution in [2.75, 3.05) is 20.4 Å². The summed E-state index contributed by atoms with van der Waals surface area (Å²) < 4.78 is 22.4. The molecule has 20 heavy (non-hydrogen) atoms. The molecule has 0 heterocycles. The molecule has 3 nitrogen and oxygen atoms in total. The fourth-order valence-corrected chi connectivity index (χ4v) is 8.82. The molecule has 1 aliphatic carbocycles. The first-order valence-corrected chi connectivity index (χ1v) is 11.1. The normalized spacial score (nSPS) is 24.9. The quantitative estimate of drug-likeness (QED) is 0.594. The van der Waals surface area contributed by atoms with Crippen LogP contribution in [-0.2, 0) is 13.6 Å². The first-order chi connectivity index (χ1) is 9.33. The van der Waals surface area contributed by atoms with Crippen LogP contribution in [0.25, 0.3) is 0 Å². The average Bonchev–Trinajstić information content (AvgIpc) is 2.40. The molecule has 0 unspecified atom stereocenters. The second-order valence-corrected chi connectivity index (χ2v) is 12.5. The molecular formula is C15H32O3P2. The topological polar surface area (TPSA) is 35.5 Å². The van der Waals surface area contributed by atoms with Gasteiger partial charge < -0.3 is 9.05 Å². The molecule has 5 heteroatoms. The van der Waals surface area contributed by atoms with Gasteiger partial charge in [0.25, 0.3) is 0 Å². The lowest BCUT2D eigenvalue weighted by Gasteiger charge is -2.39. The van der Waals surface area contributed by atoms with Crippen molar-refractivity contribution in [1.29, 1.82) is 0 Å². The second-order valence-electron chi connectivity index (χ2n) is 6.47. The Morgan fingerprint density at radius 3 is 1.80 bits per heavy atom. The molecule has 0 aromatic carbocycles. The molecule has 0 aliphatic heterocycles. The zero-order chi connectivity index (χ0) is 15.3. The molecule has 0 saturated heterocycles. The van der Waals surface area contributed by atoms with E-state index in [4.69, 9.17) is 9.05 Å². The van der Waals surface area contributed by atoms with Crippen molar-refractivity contribution in [1.82, 2.24) is 0 Å². The first-order valence-electron chi connectivity index (χ1n) is 7.81. The van der Waals surface area contributed by atoms with Gasteiger partial charge in [0, 0.05) is 14.2 Å². The summed E-state index contributed by atoms with van der Waals surface area (Å²) in [6.07, 6.45) is 5.54. The molecule has 0 spiro atoms. The highest BCUT2D eigenvalue weighted by Gasteiger charge is 2.34. The van der Waals surface area contributed by atoms with E-state index in [1.54, 1.807) is 0 Å². The third kappa shape index (κ3) is 5.09.